The third-order valence-corrected chi connectivity index (χ3v) is 4.88. The maximum absolute atomic E-state index is 5.29. The lowest BCUT2D eigenvalue weighted by Gasteiger charge is -2.14. The first-order valence-corrected chi connectivity index (χ1v) is 8.09. The largest absolute Gasteiger partial charge is 0.339 e. The van der Waals surface area contributed by atoms with Crippen molar-refractivity contribution in [3.8, 4) is 0 Å². The van der Waals surface area contributed by atoms with Crippen molar-refractivity contribution in [3.63, 3.8) is 0 Å². The molecule has 0 aliphatic heterocycles. The quantitative estimate of drug-likeness (QED) is 0.886. The minimum Gasteiger partial charge on any atom is -0.339 e. The number of thiazole rings is 1. The molecule has 0 amide bonds. The van der Waals surface area contributed by atoms with E-state index in [0.717, 1.165) is 17.6 Å². The molecule has 2 saturated carbocycles. The second-order valence-corrected chi connectivity index (χ2v) is 7.09. The summed E-state index contributed by atoms with van der Waals surface area (Å²) in [5, 5.41) is 8.82. The lowest BCUT2D eigenvalue weighted by atomic mass is 10.2. The van der Waals surface area contributed by atoms with Crippen LogP contribution in [0.2, 0.25) is 0 Å². The standard InChI is InChI=1S/C14H18N4OS/c1-8-6-16-14(20-8)12(9-2-3-9)15-7-11-17-13(19-18-11)10-4-5-10/h6,9-10,12,15H,2-5,7H2,1H3/t12-/m1/s1. The van der Waals surface area contributed by atoms with E-state index in [9.17, 15) is 0 Å². The van der Waals surface area contributed by atoms with Gasteiger partial charge >= 0.3 is 0 Å². The minimum atomic E-state index is 0.344. The molecule has 2 aromatic rings. The van der Waals surface area contributed by atoms with Crippen molar-refractivity contribution in [2.75, 3.05) is 0 Å². The fourth-order valence-corrected chi connectivity index (χ4v) is 3.38. The van der Waals surface area contributed by atoms with Crippen molar-refractivity contribution < 1.29 is 4.52 Å². The fourth-order valence-electron chi connectivity index (χ4n) is 2.44. The number of hydrogen-bond donors (Lipinski definition) is 1. The molecule has 2 aliphatic carbocycles. The molecule has 0 bridgehead atoms. The summed E-state index contributed by atoms with van der Waals surface area (Å²) in [4.78, 5) is 10.3. The number of rotatable bonds is 6. The van der Waals surface area contributed by atoms with Crippen molar-refractivity contribution in [3.05, 3.63) is 27.8 Å². The molecule has 20 heavy (non-hydrogen) atoms. The molecule has 2 fully saturated rings. The van der Waals surface area contributed by atoms with E-state index in [1.165, 1.54) is 35.6 Å². The van der Waals surface area contributed by atoms with Crippen molar-refractivity contribution in [1.82, 2.24) is 20.4 Å². The Balaban J connectivity index is 1.42. The van der Waals surface area contributed by atoms with Gasteiger partial charge in [-0.25, -0.2) is 4.98 Å². The highest BCUT2D eigenvalue weighted by atomic mass is 32.1. The molecule has 0 spiro atoms. The molecule has 0 radical (unpaired) electrons. The Morgan fingerprint density at radius 2 is 2.25 bits per heavy atom. The van der Waals surface area contributed by atoms with Crippen molar-refractivity contribution in [2.45, 2.75) is 51.1 Å². The van der Waals surface area contributed by atoms with Gasteiger partial charge in [-0.1, -0.05) is 5.16 Å². The Bertz CT molecular complexity index is 600. The molecule has 0 unspecified atom stereocenters. The lowest BCUT2D eigenvalue weighted by molar-refractivity contribution is 0.369. The molecule has 1 atom stereocenters. The number of aryl methyl sites for hydroxylation is 1. The van der Waals surface area contributed by atoms with Crippen LogP contribution in [0.25, 0.3) is 0 Å². The van der Waals surface area contributed by atoms with Crippen LogP contribution in [0.5, 0.6) is 0 Å². The van der Waals surface area contributed by atoms with Crippen LogP contribution in [0, 0.1) is 12.8 Å². The summed E-state index contributed by atoms with van der Waals surface area (Å²) in [5.41, 5.74) is 0. The third-order valence-electron chi connectivity index (χ3n) is 3.89. The second kappa shape index (κ2) is 4.93. The van der Waals surface area contributed by atoms with Crippen LogP contribution >= 0.6 is 11.3 Å². The Morgan fingerprint density at radius 3 is 2.90 bits per heavy atom. The van der Waals surface area contributed by atoms with Crippen LogP contribution in [0.3, 0.4) is 0 Å². The summed E-state index contributed by atoms with van der Waals surface area (Å²) in [5.74, 6) is 2.83. The van der Waals surface area contributed by atoms with Gasteiger partial charge in [0.15, 0.2) is 5.82 Å². The molecule has 5 nitrogen and oxygen atoms in total. The van der Waals surface area contributed by atoms with Crippen LogP contribution in [0.4, 0.5) is 0 Å². The molecule has 0 saturated heterocycles. The van der Waals surface area contributed by atoms with E-state index < -0.39 is 0 Å². The second-order valence-electron chi connectivity index (χ2n) is 5.83. The first kappa shape index (κ1) is 12.5. The molecular formula is C14H18N4OS. The molecule has 2 heterocycles. The Labute approximate surface area is 121 Å². The average molecular weight is 290 g/mol. The summed E-state index contributed by atoms with van der Waals surface area (Å²) in [6, 6.07) is 0.344. The third kappa shape index (κ3) is 2.62. The summed E-state index contributed by atoms with van der Waals surface area (Å²) >= 11 is 1.78. The predicted octanol–water partition coefficient (Wildman–Crippen LogP) is 2.95. The zero-order chi connectivity index (χ0) is 13.5. The van der Waals surface area contributed by atoms with E-state index in [0.29, 0.717) is 18.5 Å². The minimum absolute atomic E-state index is 0.344. The van der Waals surface area contributed by atoms with Gasteiger partial charge in [0.05, 0.1) is 12.6 Å². The molecule has 106 valence electrons. The molecular weight excluding hydrogens is 272 g/mol. The van der Waals surface area contributed by atoms with E-state index in [4.69, 9.17) is 4.52 Å². The number of aromatic nitrogens is 3. The summed E-state index contributed by atoms with van der Waals surface area (Å²) in [7, 11) is 0. The Morgan fingerprint density at radius 1 is 1.40 bits per heavy atom. The monoisotopic (exact) mass is 290 g/mol. The van der Waals surface area contributed by atoms with Crippen LogP contribution < -0.4 is 5.32 Å². The van der Waals surface area contributed by atoms with E-state index >= 15 is 0 Å². The maximum Gasteiger partial charge on any atom is 0.229 e. The van der Waals surface area contributed by atoms with E-state index in [2.05, 4.69) is 27.4 Å². The van der Waals surface area contributed by atoms with Crippen LogP contribution in [-0.4, -0.2) is 15.1 Å². The van der Waals surface area contributed by atoms with Crippen LogP contribution in [0.1, 0.15) is 59.2 Å². The van der Waals surface area contributed by atoms with Gasteiger partial charge in [0.2, 0.25) is 5.89 Å². The van der Waals surface area contributed by atoms with Gasteiger partial charge < -0.3 is 9.84 Å². The molecule has 1 N–H and O–H groups in total. The number of nitrogens with one attached hydrogen (secondary N) is 1. The van der Waals surface area contributed by atoms with Gasteiger partial charge in [0, 0.05) is 17.0 Å². The van der Waals surface area contributed by atoms with Crippen molar-refractivity contribution >= 4 is 11.3 Å². The molecule has 2 aromatic heterocycles. The van der Waals surface area contributed by atoms with Crippen molar-refractivity contribution in [2.24, 2.45) is 5.92 Å². The molecule has 4 rings (SSSR count). The van der Waals surface area contributed by atoms with Gasteiger partial charge in [0.25, 0.3) is 0 Å². The van der Waals surface area contributed by atoms with E-state index in [1.807, 2.05) is 6.20 Å². The van der Waals surface area contributed by atoms with Crippen LogP contribution in [0.15, 0.2) is 10.7 Å². The van der Waals surface area contributed by atoms with Gasteiger partial charge in [-0.05, 0) is 38.5 Å². The molecule has 6 heteroatoms. The predicted molar refractivity (Wildman–Crippen MR) is 75.4 cm³/mol. The van der Waals surface area contributed by atoms with Crippen molar-refractivity contribution in [1.29, 1.82) is 0 Å². The molecule has 2 aliphatic rings. The maximum atomic E-state index is 5.29. The van der Waals surface area contributed by atoms with E-state index in [1.54, 1.807) is 11.3 Å². The van der Waals surface area contributed by atoms with Crippen LogP contribution in [-0.2, 0) is 6.54 Å². The smallest absolute Gasteiger partial charge is 0.229 e. The zero-order valence-electron chi connectivity index (χ0n) is 11.5. The summed E-state index contributed by atoms with van der Waals surface area (Å²) in [6.45, 7) is 2.77. The van der Waals surface area contributed by atoms with E-state index in [-0.39, 0.29) is 0 Å². The van der Waals surface area contributed by atoms with Gasteiger partial charge in [-0.2, -0.15) is 4.98 Å². The number of nitrogens with zero attached hydrogens (tertiary/aromatic N) is 3. The first-order chi connectivity index (χ1) is 9.79. The summed E-state index contributed by atoms with van der Waals surface area (Å²) in [6.07, 6.45) is 6.92. The average Bonchev–Trinajstić information content (AvgIpc) is 3.36. The highest BCUT2D eigenvalue weighted by Gasteiger charge is 2.34. The molecule has 0 aromatic carbocycles. The topological polar surface area (TPSA) is 63.8 Å². The van der Waals surface area contributed by atoms with Gasteiger partial charge in [-0.15, -0.1) is 11.3 Å². The number of hydrogen-bond acceptors (Lipinski definition) is 6. The normalized spacial score (nSPS) is 20.2. The summed E-state index contributed by atoms with van der Waals surface area (Å²) < 4.78 is 5.29. The van der Waals surface area contributed by atoms with Gasteiger partial charge in [0.1, 0.15) is 5.01 Å². The van der Waals surface area contributed by atoms with Gasteiger partial charge in [-0.3, -0.25) is 0 Å². The highest BCUT2D eigenvalue weighted by Crippen LogP contribution is 2.42. The lowest BCUT2D eigenvalue weighted by Crippen LogP contribution is -2.23. The SMILES string of the molecule is Cc1cnc([C@H](NCc2noc(C3CC3)n2)C2CC2)s1. The Hall–Kier alpha value is -1.27. The zero-order valence-corrected chi connectivity index (χ0v) is 12.3. The fraction of sp³-hybridized carbons (Fsp3) is 0.643. The first-order valence-electron chi connectivity index (χ1n) is 7.28. The highest BCUT2D eigenvalue weighted by molar-refractivity contribution is 7.11. The Kier molecular flexibility index (Phi) is 3.07.